The second-order valence-corrected chi connectivity index (χ2v) is 6.89. The van der Waals surface area contributed by atoms with E-state index in [-0.39, 0.29) is 0 Å². The molecule has 0 aliphatic heterocycles. The van der Waals surface area contributed by atoms with E-state index < -0.39 is 0 Å². The van der Waals surface area contributed by atoms with E-state index >= 15 is 0 Å². The Labute approximate surface area is 144 Å². The van der Waals surface area contributed by atoms with Gasteiger partial charge in [-0.25, -0.2) is 9.97 Å². The predicted octanol–water partition coefficient (Wildman–Crippen LogP) is 4.33. The van der Waals surface area contributed by atoms with Crippen LogP contribution < -0.4 is 14.8 Å². The number of aromatic nitrogens is 2. The van der Waals surface area contributed by atoms with E-state index in [9.17, 15) is 0 Å². The van der Waals surface area contributed by atoms with Crippen LogP contribution in [0.25, 0.3) is 10.2 Å². The molecule has 3 aromatic rings. The molecule has 0 amide bonds. The fourth-order valence-corrected chi connectivity index (χ4v) is 4.46. The molecule has 2 aromatic heterocycles. The van der Waals surface area contributed by atoms with Crippen LogP contribution >= 0.6 is 11.3 Å². The van der Waals surface area contributed by atoms with Gasteiger partial charge in [-0.3, -0.25) is 0 Å². The minimum Gasteiger partial charge on any atom is -0.493 e. The van der Waals surface area contributed by atoms with Gasteiger partial charge in [0.2, 0.25) is 0 Å². The number of ether oxygens (including phenoxy) is 2. The van der Waals surface area contributed by atoms with Crippen LogP contribution in [0, 0.1) is 0 Å². The molecule has 1 aromatic carbocycles. The number of aryl methyl sites for hydroxylation is 2. The van der Waals surface area contributed by atoms with Crippen LogP contribution in [0.3, 0.4) is 0 Å². The van der Waals surface area contributed by atoms with Crippen LogP contribution in [-0.4, -0.2) is 24.2 Å². The van der Waals surface area contributed by atoms with Gasteiger partial charge in [0.25, 0.3) is 0 Å². The lowest BCUT2D eigenvalue weighted by molar-refractivity contribution is 0.355. The molecule has 2 heterocycles. The second-order valence-electron chi connectivity index (χ2n) is 5.81. The van der Waals surface area contributed by atoms with Crippen molar-refractivity contribution in [1.29, 1.82) is 0 Å². The molecule has 0 saturated heterocycles. The number of hydrogen-bond acceptors (Lipinski definition) is 6. The molecule has 1 aliphatic carbocycles. The van der Waals surface area contributed by atoms with Crippen LogP contribution in [-0.2, 0) is 12.8 Å². The molecule has 0 fully saturated rings. The molecule has 1 N–H and O–H groups in total. The minimum atomic E-state index is 0.695. The summed E-state index contributed by atoms with van der Waals surface area (Å²) in [4.78, 5) is 11.5. The van der Waals surface area contributed by atoms with Gasteiger partial charge in [0, 0.05) is 16.6 Å². The quantitative estimate of drug-likeness (QED) is 0.765. The van der Waals surface area contributed by atoms with E-state index in [1.54, 1.807) is 31.9 Å². The van der Waals surface area contributed by atoms with Crippen LogP contribution in [0.1, 0.15) is 23.3 Å². The zero-order chi connectivity index (χ0) is 16.5. The Morgan fingerprint density at radius 2 is 1.88 bits per heavy atom. The maximum absolute atomic E-state index is 5.38. The van der Waals surface area contributed by atoms with Gasteiger partial charge in [0.1, 0.15) is 17.0 Å². The molecule has 6 heteroatoms. The van der Waals surface area contributed by atoms with Crippen LogP contribution in [0.4, 0.5) is 11.5 Å². The van der Waals surface area contributed by atoms with Gasteiger partial charge >= 0.3 is 0 Å². The predicted molar refractivity (Wildman–Crippen MR) is 96.9 cm³/mol. The Morgan fingerprint density at radius 1 is 1.04 bits per heavy atom. The maximum Gasteiger partial charge on any atom is 0.162 e. The van der Waals surface area contributed by atoms with Crippen molar-refractivity contribution in [2.45, 2.75) is 25.7 Å². The lowest BCUT2D eigenvalue weighted by Crippen LogP contribution is -2.01. The van der Waals surface area contributed by atoms with Gasteiger partial charge in [-0.1, -0.05) is 0 Å². The number of thiophene rings is 1. The topological polar surface area (TPSA) is 56.3 Å². The number of nitrogens with one attached hydrogen (secondary N) is 1. The van der Waals surface area contributed by atoms with Gasteiger partial charge in [-0.05, 0) is 43.4 Å². The largest absolute Gasteiger partial charge is 0.493 e. The van der Waals surface area contributed by atoms with Gasteiger partial charge in [0.05, 0.1) is 19.6 Å². The van der Waals surface area contributed by atoms with E-state index in [0.29, 0.717) is 11.5 Å². The molecule has 0 bridgehead atoms. The number of hydrogen-bond donors (Lipinski definition) is 1. The summed E-state index contributed by atoms with van der Waals surface area (Å²) in [6.45, 7) is 0. The normalized spacial score (nSPS) is 13.6. The summed E-state index contributed by atoms with van der Waals surface area (Å²) in [7, 11) is 3.27. The van der Waals surface area contributed by atoms with Crippen molar-refractivity contribution >= 4 is 33.1 Å². The molecule has 0 spiro atoms. The Morgan fingerprint density at radius 3 is 2.71 bits per heavy atom. The maximum atomic E-state index is 5.38. The lowest BCUT2D eigenvalue weighted by Gasteiger charge is -2.13. The Balaban J connectivity index is 1.76. The van der Waals surface area contributed by atoms with Gasteiger partial charge < -0.3 is 14.8 Å². The molecular formula is C18H19N3O2S. The zero-order valence-corrected chi connectivity index (χ0v) is 14.6. The van der Waals surface area contributed by atoms with Crippen LogP contribution in [0.2, 0.25) is 0 Å². The summed E-state index contributed by atoms with van der Waals surface area (Å²) in [5.41, 5.74) is 2.34. The van der Waals surface area contributed by atoms with E-state index in [1.165, 1.54) is 28.7 Å². The van der Waals surface area contributed by atoms with E-state index in [0.717, 1.165) is 29.2 Å². The van der Waals surface area contributed by atoms with Crippen molar-refractivity contribution in [1.82, 2.24) is 9.97 Å². The van der Waals surface area contributed by atoms with Crippen molar-refractivity contribution < 1.29 is 9.47 Å². The Hall–Kier alpha value is -2.34. The van der Waals surface area contributed by atoms with Crippen LogP contribution in [0.15, 0.2) is 24.5 Å². The molecule has 124 valence electrons. The summed E-state index contributed by atoms with van der Waals surface area (Å²) in [5, 5.41) is 4.60. The fourth-order valence-electron chi connectivity index (χ4n) is 3.24. The van der Waals surface area contributed by atoms with Crippen molar-refractivity contribution in [3.8, 4) is 11.5 Å². The third-order valence-corrected chi connectivity index (χ3v) is 5.60. The fraction of sp³-hybridized carbons (Fsp3) is 0.333. The second kappa shape index (κ2) is 6.28. The number of anilines is 2. The first-order chi connectivity index (χ1) is 11.8. The lowest BCUT2D eigenvalue weighted by atomic mass is 9.97. The van der Waals surface area contributed by atoms with E-state index in [1.807, 2.05) is 18.2 Å². The van der Waals surface area contributed by atoms with Crippen molar-refractivity contribution in [2.24, 2.45) is 0 Å². The molecule has 24 heavy (non-hydrogen) atoms. The molecule has 0 unspecified atom stereocenters. The molecule has 0 radical (unpaired) electrons. The molecule has 4 rings (SSSR count). The number of benzene rings is 1. The SMILES string of the molecule is COc1ccc(Nc2ncnc3sc4c(c23)CCCC4)cc1OC. The van der Waals surface area contributed by atoms with Crippen molar-refractivity contribution in [3.63, 3.8) is 0 Å². The van der Waals surface area contributed by atoms with Crippen molar-refractivity contribution in [2.75, 3.05) is 19.5 Å². The number of methoxy groups -OCH3 is 2. The molecule has 1 aliphatic rings. The third-order valence-electron chi connectivity index (χ3n) is 4.40. The first kappa shape index (κ1) is 15.2. The average Bonchev–Trinajstić information content (AvgIpc) is 3.01. The molecule has 5 nitrogen and oxygen atoms in total. The average molecular weight is 341 g/mol. The highest BCUT2D eigenvalue weighted by molar-refractivity contribution is 7.19. The highest BCUT2D eigenvalue weighted by atomic mass is 32.1. The van der Waals surface area contributed by atoms with Gasteiger partial charge in [0.15, 0.2) is 11.5 Å². The van der Waals surface area contributed by atoms with E-state index in [2.05, 4.69) is 15.3 Å². The molecule has 0 saturated carbocycles. The third kappa shape index (κ3) is 2.57. The Bertz CT molecular complexity index is 891. The summed E-state index contributed by atoms with van der Waals surface area (Å²) in [5.74, 6) is 2.27. The Kier molecular flexibility index (Phi) is 3.98. The highest BCUT2D eigenvalue weighted by Crippen LogP contribution is 2.39. The monoisotopic (exact) mass is 341 g/mol. The first-order valence-electron chi connectivity index (χ1n) is 8.04. The number of nitrogens with zero attached hydrogens (tertiary/aromatic N) is 2. The number of rotatable bonds is 4. The molecular weight excluding hydrogens is 322 g/mol. The van der Waals surface area contributed by atoms with Gasteiger partial charge in [-0.2, -0.15) is 0 Å². The number of fused-ring (bicyclic) bond motifs is 3. The summed E-state index contributed by atoms with van der Waals surface area (Å²) in [6, 6.07) is 5.78. The molecule has 0 atom stereocenters. The summed E-state index contributed by atoms with van der Waals surface area (Å²) in [6.07, 6.45) is 6.41. The van der Waals surface area contributed by atoms with Crippen LogP contribution in [0.5, 0.6) is 11.5 Å². The smallest absolute Gasteiger partial charge is 0.162 e. The zero-order valence-electron chi connectivity index (χ0n) is 13.8. The van der Waals surface area contributed by atoms with Crippen molar-refractivity contribution in [3.05, 3.63) is 35.0 Å². The summed E-state index contributed by atoms with van der Waals surface area (Å²) < 4.78 is 10.7. The standard InChI is InChI=1S/C18H19N3O2S/c1-22-13-8-7-11(9-14(13)23-2)21-17-16-12-5-3-4-6-15(12)24-18(16)20-10-19-17/h7-10H,3-6H2,1-2H3,(H,19,20,21). The highest BCUT2D eigenvalue weighted by Gasteiger charge is 2.20. The summed E-state index contributed by atoms with van der Waals surface area (Å²) >= 11 is 1.80. The van der Waals surface area contributed by atoms with Gasteiger partial charge in [-0.15, -0.1) is 11.3 Å². The first-order valence-corrected chi connectivity index (χ1v) is 8.86. The van der Waals surface area contributed by atoms with E-state index in [4.69, 9.17) is 9.47 Å². The minimum absolute atomic E-state index is 0.695.